The first-order valence-electron chi connectivity index (χ1n) is 14.1. The number of hydrogen-bond donors (Lipinski definition) is 3. The highest BCUT2D eigenvalue weighted by atomic mass is 31.2. The molecule has 0 spiro atoms. The fraction of sp³-hybridized carbons (Fsp3) is 0.517. The Bertz CT molecular complexity index is 1540. The highest BCUT2D eigenvalue weighted by molar-refractivity contribution is 7.52. The van der Waals surface area contributed by atoms with E-state index in [1.807, 2.05) is 0 Å². The van der Waals surface area contributed by atoms with Gasteiger partial charge in [0.05, 0.1) is 30.4 Å². The number of aromatic nitrogens is 3. The molecule has 0 radical (unpaired) electrons. The Labute approximate surface area is 255 Å². The first-order valence-corrected chi connectivity index (χ1v) is 15.7. The van der Waals surface area contributed by atoms with Gasteiger partial charge < -0.3 is 29.6 Å². The molecule has 44 heavy (non-hydrogen) atoms. The molecular formula is C29H40N5O9P. The fourth-order valence-electron chi connectivity index (χ4n) is 4.53. The number of anilines is 1. The predicted octanol–water partition coefficient (Wildman–Crippen LogP) is 3.38. The van der Waals surface area contributed by atoms with Crippen molar-refractivity contribution >= 4 is 31.0 Å². The van der Waals surface area contributed by atoms with E-state index < -0.39 is 61.2 Å². The lowest BCUT2D eigenvalue weighted by atomic mass is 9.85. The molecule has 2 aromatic heterocycles. The minimum Gasteiger partial charge on any atom is -0.462 e. The van der Waals surface area contributed by atoms with Crippen LogP contribution in [0.15, 0.2) is 48.8 Å². The standard InChI is InChI=1S/C29H40N5O9P/c1-18(2)41-24(35)19(3)33-44(38,43-20-11-9-8-10-12-20)40-15-28(7)25(36)29(16-39-28,42-26(37)27(4,5)6)22-14-13-21-23(30)31-17-32-34(21)22/h8-14,17-19,25,36H,15-16H2,1-7H3,(H,33,38)(H2,30,31,32)/t19-,25+,28+,29-,44-/m0/s1. The van der Waals surface area contributed by atoms with E-state index in [9.17, 15) is 19.3 Å². The number of nitrogens with two attached hydrogens (primary N) is 1. The Morgan fingerprint density at radius 3 is 2.52 bits per heavy atom. The number of nitrogens with zero attached hydrogens (tertiary/aromatic N) is 3. The zero-order chi connectivity index (χ0) is 32.5. The van der Waals surface area contributed by atoms with Crippen molar-refractivity contribution in [1.82, 2.24) is 19.7 Å². The lowest BCUT2D eigenvalue weighted by Crippen LogP contribution is -2.53. The van der Waals surface area contributed by atoms with Crippen LogP contribution in [0.5, 0.6) is 5.75 Å². The van der Waals surface area contributed by atoms with Crippen molar-refractivity contribution < 1.29 is 42.5 Å². The van der Waals surface area contributed by atoms with Gasteiger partial charge in [-0.2, -0.15) is 10.2 Å². The van der Waals surface area contributed by atoms with Crippen LogP contribution in [0.2, 0.25) is 0 Å². The van der Waals surface area contributed by atoms with Crippen LogP contribution in [0.4, 0.5) is 5.82 Å². The monoisotopic (exact) mass is 633 g/mol. The van der Waals surface area contributed by atoms with Crippen molar-refractivity contribution in [2.24, 2.45) is 5.41 Å². The number of carbonyl (C=O) groups is 2. The molecule has 14 nitrogen and oxygen atoms in total. The van der Waals surface area contributed by atoms with Gasteiger partial charge in [0, 0.05) is 0 Å². The zero-order valence-electron chi connectivity index (χ0n) is 25.8. The molecule has 1 saturated heterocycles. The number of nitrogen functional groups attached to an aromatic ring is 1. The lowest BCUT2D eigenvalue weighted by molar-refractivity contribution is -0.183. The molecule has 3 aromatic rings. The second-order valence-electron chi connectivity index (χ2n) is 12.2. The molecular weight excluding hydrogens is 593 g/mol. The molecule has 4 rings (SSSR count). The molecule has 15 heteroatoms. The molecule has 1 aliphatic heterocycles. The number of aliphatic hydroxyl groups is 1. The number of fused-ring (bicyclic) bond motifs is 1. The Balaban J connectivity index is 1.67. The topological polar surface area (TPSA) is 186 Å². The average Bonchev–Trinajstić information content (AvgIpc) is 3.49. The van der Waals surface area contributed by atoms with E-state index in [-0.39, 0.29) is 23.9 Å². The number of nitrogens with one attached hydrogen (secondary N) is 1. The molecule has 1 fully saturated rings. The summed E-state index contributed by atoms with van der Waals surface area (Å²) in [6, 6.07) is 10.4. The maximum absolute atomic E-state index is 14.1. The predicted molar refractivity (Wildman–Crippen MR) is 159 cm³/mol. The SMILES string of the molecule is CC(C)OC(=O)[C@H](C)N[P@](=O)(OC[C@@]1(C)OC[C@](OC(=O)C(C)(C)C)(c2ccc3c(N)ncnn23)[C@@H]1O)Oc1ccccc1. The number of esters is 2. The fourth-order valence-corrected chi connectivity index (χ4v) is 6.12. The normalized spacial score (nSPS) is 24.2. The number of carbonyl (C=O) groups excluding carboxylic acids is 2. The quantitative estimate of drug-likeness (QED) is 0.206. The van der Waals surface area contributed by atoms with Crippen LogP contribution in [0, 0.1) is 5.41 Å². The van der Waals surface area contributed by atoms with E-state index in [0.717, 1.165) is 0 Å². The number of rotatable bonds is 11. The largest absolute Gasteiger partial charge is 0.462 e. The van der Waals surface area contributed by atoms with E-state index in [2.05, 4.69) is 15.2 Å². The van der Waals surface area contributed by atoms with Crippen molar-refractivity contribution in [1.29, 1.82) is 0 Å². The first-order chi connectivity index (χ1) is 20.5. The number of ether oxygens (including phenoxy) is 3. The van der Waals surface area contributed by atoms with Gasteiger partial charge in [-0.05, 0) is 72.7 Å². The minimum absolute atomic E-state index is 0.179. The van der Waals surface area contributed by atoms with Crippen molar-refractivity contribution in [3.63, 3.8) is 0 Å². The van der Waals surface area contributed by atoms with Crippen LogP contribution < -0.4 is 15.3 Å². The van der Waals surface area contributed by atoms with E-state index in [1.54, 1.807) is 77.1 Å². The molecule has 0 aliphatic carbocycles. The van der Waals surface area contributed by atoms with Crippen LogP contribution in [-0.4, -0.2) is 68.7 Å². The highest BCUT2D eigenvalue weighted by Crippen LogP contribution is 2.50. The maximum Gasteiger partial charge on any atom is 0.459 e. The van der Waals surface area contributed by atoms with Crippen molar-refractivity contribution in [2.45, 2.75) is 77.9 Å². The third-order valence-electron chi connectivity index (χ3n) is 6.99. The molecule has 1 aromatic carbocycles. The third-order valence-corrected chi connectivity index (χ3v) is 8.61. The van der Waals surface area contributed by atoms with Crippen LogP contribution in [0.3, 0.4) is 0 Å². The van der Waals surface area contributed by atoms with Gasteiger partial charge in [0.25, 0.3) is 0 Å². The number of aliphatic hydroxyl groups excluding tert-OH is 1. The first kappa shape index (κ1) is 33.3. The van der Waals surface area contributed by atoms with Crippen molar-refractivity contribution in [3.8, 4) is 5.75 Å². The Morgan fingerprint density at radius 1 is 1.20 bits per heavy atom. The van der Waals surface area contributed by atoms with Gasteiger partial charge in [0.1, 0.15) is 35.3 Å². The number of benzene rings is 1. The number of hydrogen-bond acceptors (Lipinski definition) is 12. The van der Waals surface area contributed by atoms with Gasteiger partial charge in [-0.3, -0.25) is 14.1 Å². The Morgan fingerprint density at radius 2 is 1.89 bits per heavy atom. The summed E-state index contributed by atoms with van der Waals surface area (Å²) in [6.45, 7) is 10.6. The van der Waals surface area contributed by atoms with Gasteiger partial charge in [-0.15, -0.1) is 0 Å². The molecule has 3 heterocycles. The summed E-state index contributed by atoms with van der Waals surface area (Å²) >= 11 is 0. The molecule has 0 bridgehead atoms. The highest BCUT2D eigenvalue weighted by Gasteiger charge is 2.62. The molecule has 0 saturated carbocycles. The molecule has 0 amide bonds. The molecule has 240 valence electrons. The van der Waals surface area contributed by atoms with E-state index in [1.165, 1.54) is 24.7 Å². The van der Waals surface area contributed by atoms with Crippen LogP contribution in [0.25, 0.3) is 5.52 Å². The molecule has 0 unspecified atom stereocenters. The summed E-state index contributed by atoms with van der Waals surface area (Å²) in [5.74, 6) is -0.896. The zero-order valence-corrected chi connectivity index (χ0v) is 26.7. The summed E-state index contributed by atoms with van der Waals surface area (Å²) < 4.78 is 44.5. The van der Waals surface area contributed by atoms with Gasteiger partial charge in [-0.25, -0.2) is 14.1 Å². The second-order valence-corrected chi connectivity index (χ2v) is 13.9. The summed E-state index contributed by atoms with van der Waals surface area (Å²) in [5.41, 5.74) is 2.44. The minimum atomic E-state index is -4.31. The smallest absolute Gasteiger partial charge is 0.459 e. The van der Waals surface area contributed by atoms with E-state index >= 15 is 0 Å². The summed E-state index contributed by atoms with van der Waals surface area (Å²) in [6.07, 6.45) is -0.731. The molecule has 4 N–H and O–H groups in total. The van der Waals surface area contributed by atoms with Gasteiger partial charge in [-0.1, -0.05) is 18.2 Å². The van der Waals surface area contributed by atoms with Crippen LogP contribution in [-0.2, 0) is 38.5 Å². The van der Waals surface area contributed by atoms with Gasteiger partial charge >= 0.3 is 19.7 Å². The molecule has 1 aliphatic rings. The summed E-state index contributed by atoms with van der Waals surface area (Å²) in [4.78, 5) is 29.8. The van der Waals surface area contributed by atoms with Gasteiger partial charge in [0.2, 0.25) is 5.60 Å². The average molecular weight is 634 g/mol. The second kappa shape index (κ2) is 12.4. The number of para-hydroxylation sites is 1. The van der Waals surface area contributed by atoms with Crippen LogP contribution >= 0.6 is 7.75 Å². The van der Waals surface area contributed by atoms with E-state index in [4.69, 9.17) is 29.0 Å². The Kier molecular flexibility index (Phi) is 9.43. The van der Waals surface area contributed by atoms with Gasteiger partial charge in [0.15, 0.2) is 5.82 Å². The Hall–Kier alpha value is -3.55. The lowest BCUT2D eigenvalue weighted by Gasteiger charge is -2.36. The summed E-state index contributed by atoms with van der Waals surface area (Å²) in [5, 5.41) is 18.8. The van der Waals surface area contributed by atoms with E-state index in [0.29, 0.717) is 5.52 Å². The summed E-state index contributed by atoms with van der Waals surface area (Å²) in [7, 11) is -4.31. The van der Waals surface area contributed by atoms with Crippen molar-refractivity contribution in [3.05, 3.63) is 54.5 Å². The maximum atomic E-state index is 14.1. The van der Waals surface area contributed by atoms with Crippen molar-refractivity contribution in [2.75, 3.05) is 18.9 Å². The molecule has 5 atom stereocenters. The van der Waals surface area contributed by atoms with Crippen LogP contribution in [0.1, 0.15) is 54.2 Å². The third kappa shape index (κ3) is 6.89.